The van der Waals surface area contributed by atoms with Crippen LogP contribution in [0.1, 0.15) is 49.3 Å². The quantitative estimate of drug-likeness (QED) is 0.636. The third-order valence-electron chi connectivity index (χ3n) is 5.51. The predicted molar refractivity (Wildman–Crippen MR) is 115 cm³/mol. The van der Waals surface area contributed by atoms with Gasteiger partial charge in [0.25, 0.3) is 5.91 Å². The maximum absolute atomic E-state index is 11.7. The van der Waals surface area contributed by atoms with Crippen molar-refractivity contribution in [3.8, 4) is 11.4 Å². The predicted octanol–water partition coefficient (Wildman–Crippen LogP) is 2.86. The molecule has 1 saturated heterocycles. The number of amides is 1. The number of carbonyl (C=O) groups is 1. The van der Waals surface area contributed by atoms with Crippen molar-refractivity contribution in [3.05, 3.63) is 47.8 Å². The van der Waals surface area contributed by atoms with Gasteiger partial charge in [-0.2, -0.15) is 0 Å². The number of pyridine rings is 1. The van der Waals surface area contributed by atoms with E-state index in [0.29, 0.717) is 16.9 Å². The molecule has 1 amide bonds. The van der Waals surface area contributed by atoms with Gasteiger partial charge in [0, 0.05) is 30.4 Å². The number of fused-ring (bicyclic) bond motifs is 1. The number of para-hydroxylation sites is 1. The van der Waals surface area contributed by atoms with Gasteiger partial charge >= 0.3 is 0 Å². The first-order valence-corrected chi connectivity index (χ1v) is 10.1. The summed E-state index contributed by atoms with van der Waals surface area (Å²) in [7, 11) is 0. The normalized spacial score (nSPS) is 18.7. The van der Waals surface area contributed by atoms with Crippen molar-refractivity contribution in [1.29, 1.82) is 0 Å². The Kier molecular flexibility index (Phi) is 5.10. The number of hydrogen-bond donors (Lipinski definition) is 3. The summed E-state index contributed by atoms with van der Waals surface area (Å²) < 4.78 is 0. The van der Waals surface area contributed by atoms with Crippen LogP contribution in [0.25, 0.3) is 22.4 Å². The van der Waals surface area contributed by atoms with Crippen LogP contribution < -0.4 is 11.1 Å². The van der Waals surface area contributed by atoms with Crippen molar-refractivity contribution in [2.24, 2.45) is 5.73 Å². The van der Waals surface area contributed by atoms with E-state index in [2.05, 4.69) is 47.0 Å². The molecular weight excluding hydrogens is 364 g/mol. The minimum absolute atomic E-state index is 0.0704. The highest BCUT2D eigenvalue weighted by atomic mass is 16.1. The molecule has 7 heteroatoms. The minimum atomic E-state index is -0.481. The lowest BCUT2D eigenvalue weighted by Crippen LogP contribution is -2.45. The Morgan fingerprint density at radius 2 is 2.07 bits per heavy atom. The summed E-state index contributed by atoms with van der Waals surface area (Å²) in [5, 5.41) is 3.53. The fourth-order valence-electron chi connectivity index (χ4n) is 4.06. The number of imidazole rings is 1. The van der Waals surface area contributed by atoms with Gasteiger partial charge in [-0.1, -0.05) is 6.07 Å². The molecule has 4 rings (SSSR count). The van der Waals surface area contributed by atoms with Gasteiger partial charge in [-0.25, -0.2) is 4.98 Å². The van der Waals surface area contributed by atoms with Crippen molar-refractivity contribution < 1.29 is 4.79 Å². The molecule has 29 heavy (non-hydrogen) atoms. The molecule has 1 aliphatic rings. The van der Waals surface area contributed by atoms with Crippen LogP contribution in [0.2, 0.25) is 0 Å². The van der Waals surface area contributed by atoms with Gasteiger partial charge in [0.1, 0.15) is 11.3 Å². The molecule has 0 spiro atoms. The molecule has 1 aliphatic heterocycles. The Labute approximate surface area is 170 Å². The zero-order chi connectivity index (χ0) is 20.6. The summed E-state index contributed by atoms with van der Waals surface area (Å²) in [5.41, 5.74) is 9.26. The highest BCUT2D eigenvalue weighted by Crippen LogP contribution is 2.29. The third-order valence-corrected chi connectivity index (χ3v) is 5.51. The Hall–Kier alpha value is -2.77. The number of benzene rings is 1. The van der Waals surface area contributed by atoms with Crippen LogP contribution in [0.15, 0.2) is 36.5 Å². The number of nitrogens with zero attached hydrogens (tertiary/aromatic N) is 3. The minimum Gasteiger partial charge on any atom is -0.366 e. The van der Waals surface area contributed by atoms with Gasteiger partial charge in [0.15, 0.2) is 0 Å². The standard InChI is InChI=1S/C22H28N6O/c1-22(2,3)28-11-5-10-24-13-18(28)16-9-8-14(12-25-16)21-26-17-7-4-6-15(20(23)29)19(17)27-21/h4,6-9,12,18,24H,5,10-11,13H2,1-3H3,(H2,23,29)(H,26,27). The Morgan fingerprint density at radius 3 is 2.76 bits per heavy atom. The molecular formula is C22H28N6O. The van der Waals surface area contributed by atoms with Gasteiger partial charge in [0.2, 0.25) is 0 Å². The average Bonchev–Trinajstić information content (AvgIpc) is 2.95. The number of primary amides is 1. The molecule has 0 saturated carbocycles. The zero-order valence-corrected chi connectivity index (χ0v) is 17.2. The smallest absolute Gasteiger partial charge is 0.250 e. The van der Waals surface area contributed by atoms with Gasteiger partial charge in [-0.3, -0.25) is 14.7 Å². The summed E-state index contributed by atoms with van der Waals surface area (Å²) in [6.07, 6.45) is 2.98. The molecule has 7 nitrogen and oxygen atoms in total. The first kappa shape index (κ1) is 19.5. The van der Waals surface area contributed by atoms with E-state index in [4.69, 9.17) is 10.7 Å². The van der Waals surface area contributed by atoms with E-state index < -0.39 is 5.91 Å². The molecule has 4 N–H and O–H groups in total. The van der Waals surface area contributed by atoms with E-state index in [-0.39, 0.29) is 11.6 Å². The van der Waals surface area contributed by atoms with Crippen LogP contribution in [0.3, 0.4) is 0 Å². The van der Waals surface area contributed by atoms with Gasteiger partial charge in [0.05, 0.1) is 22.8 Å². The van der Waals surface area contributed by atoms with Crippen LogP contribution >= 0.6 is 0 Å². The SMILES string of the molecule is CC(C)(C)N1CCCNCC1c1ccc(-c2nc3c(C(N)=O)cccc3[nH]2)cn1. The molecule has 1 fully saturated rings. The first-order chi connectivity index (χ1) is 13.8. The number of nitrogens with two attached hydrogens (primary N) is 1. The largest absolute Gasteiger partial charge is 0.366 e. The summed E-state index contributed by atoms with van der Waals surface area (Å²) in [6.45, 7) is 9.72. The lowest BCUT2D eigenvalue weighted by molar-refractivity contribution is 0.0884. The van der Waals surface area contributed by atoms with E-state index in [1.54, 1.807) is 12.1 Å². The number of aromatic nitrogens is 3. The van der Waals surface area contributed by atoms with Crippen LogP contribution in [0.4, 0.5) is 0 Å². The first-order valence-electron chi connectivity index (χ1n) is 10.1. The Balaban J connectivity index is 1.66. The van der Waals surface area contributed by atoms with Crippen molar-refractivity contribution in [3.63, 3.8) is 0 Å². The van der Waals surface area contributed by atoms with E-state index in [1.807, 2.05) is 18.3 Å². The van der Waals surface area contributed by atoms with Crippen molar-refractivity contribution in [2.45, 2.75) is 38.8 Å². The Morgan fingerprint density at radius 1 is 1.24 bits per heavy atom. The molecule has 0 radical (unpaired) electrons. The molecule has 0 aliphatic carbocycles. The highest BCUT2D eigenvalue weighted by molar-refractivity contribution is 6.04. The van der Waals surface area contributed by atoms with Crippen LogP contribution in [-0.2, 0) is 0 Å². The van der Waals surface area contributed by atoms with Crippen molar-refractivity contribution in [1.82, 2.24) is 25.2 Å². The lowest BCUT2D eigenvalue weighted by Gasteiger charge is -2.40. The van der Waals surface area contributed by atoms with E-state index in [0.717, 1.165) is 42.8 Å². The van der Waals surface area contributed by atoms with Crippen LogP contribution in [0.5, 0.6) is 0 Å². The number of aromatic amines is 1. The van der Waals surface area contributed by atoms with Gasteiger partial charge in [-0.05, 0) is 58.0 Å². The maximum atomic E-state index is 11.7. The number of hydrogen-bond acceptors (Lipinski definition) is 5. The summed E-state index contributed by atoms with van der Waals surface area (Å²) in [4.78, 5) is 26.8. The fourth-order valence-corrected chi connectivity index (χ4v) is 4.06. The molecule has 1 aromatic carbocycles. The lowest BCUT2D eigenvalue weighted by atomic mass is 10.00. The summed E-state index contributed by atoms with van der Waals surface area (Å²) >= 11 is 0. The zero-order valence-electron chi connectivity index (χ0n) is 17.2. The van der Waals surface area contributed by atoms with E-state index in [9.17, 15) is 4.79 Å². The maximum Gasteiger partial charge on any atom is 0.250 e. The average molecular weight is 393 g/mol. The van der Waals surface area contributed by atoms with Crippen LogP contribution in [0, 0.1) is 0 Å². The third kappa shape index (κ3) is 3.88. The van der Waals surface area contributed by atoms with Crippen molar-refractivity contribution >= 4 is 16.9 Å². The van der Waals surface area contributed by atoms with E-state index >= 15 is 0 Å². The number of H-pyrrole nitrogens is 1. The Bertz CT molecular complexity index is 1020. The monoisotopic (exact) mass is 392 g/mol. The number of nitrogens with one attached hydrogen (secondary N) is 2. The molecule has 3 heterocycles. The molecule has 1 atom stereocenters. The molecule has 3 aromatic rings. The highest BCUT2D eigenvalue weighted by Gasteiger charge is 2.31. The molecule has 2 aromatic heterocycles. The second kappa shape index (κ2) is 7.57. The second-order valence-corrected chi connectivity index (χ2v) is 8.56. The molecule has 0 bridgehead atoms. The number of carbonyl (C=O) groups excluding carboxylic acids is 1. The summed E-state index contributed by atoms with van der Waals surface area (Å²) in [6, 6.07) is 9.72. The van der Waals surface area contributed by atoms with Crippen LogP contribution in [-0.4, -0.2) is 50.9 Å². The number of rotatable bonds is 3. The summed E-state index contributed by atoms with van der Waals surface area (Å²) in [5.74, 6) is 0.199. The van der Waals surface area contributed by atoms with Gasteiger partial charge in [-0.15, -0.1) is 0 Å². The molecule has 1 unspecified atom stereocenters. The van der Waals surface area contributed by atoms with Gasteiger partial charge < -0.3 is 16.0 Å². The van der Waals surface area contributed by atoms with Crippen molar-refractivity contribution in [2.75, 3.05) is 19.6 Å². The second-order valence-electron chi connectivity index (χ2n) is 8.56. The molecule has 152 valence electrons. The fraction of sp³-hybridized carbons (Fsp3) is 0.409. The van der Waals surface area contributed by atoms with E-state index in [1.165, 1.54) is 0 Å². The topological polar surface area (TPSA) is 99.9 Å².